The lowest BCUT2D eigenvalue weighted by molar-refractivity contribution is -0.111. The average Bonchev–Trinajstić information content (AvgIpc) is 2.42. The third-order valence-electron chi connectivity index (χ3n) is 2.68. The van der Waals surface area contributed by atoms with E-state index in [1.807, 2.05) is 43.3 Å². The van der Waals surface area contributed by atoms with Crippen molar-refractivity contribution in [2.45, 2.75) is 6.92 Å². The molecule has 3 heteroatoms. The molecule has 1 amide bonds. The van der Waals surface area contributed by atoms with Crippen molar-refractivity contribution in [3.63, 3.8) is 0 Å². The van der Waals surface area contributed by atoms with Gasteiger partial charge in [-0.05, 0) is 36.3 Å². The molecule has 0 radical (unpaired) electrons. The van der Waals surface area contributed by atoms with Crippen molar-refractivity contribution in [2.75, 3.05) is 5.32 Å². The number of nitrogens with one attached hydrogen (secondary N) is 1. The zero-order chi connectivity index (χ0) is 13.7. The smallest absolute Gasteiger partial charge is 0.248 e. The van der Waals surface area contributed by atoms with E-state index in [1.165, 1.54) is 6.08 Å². The first-order chi connectivity index (χ1) is 9.15. The van der Waals surface area contributed by atoms with Crippen LogP contribution in [0.3, 0.4) is 0 Å². The van der Waals surface area contributed by atoms with E-state index in [2.05, 4.69) is 5.32 Å². The summed E-state index contributed by atoms with van der Waals surface area (Å²) in [4.78, 5) is 11.8. The van der Waals surface area contributed by atoms with Crippen LogP contribution < -0.4 is 5.32 Å². The summed E-state index contributed by atoms with van der Waals surface area (Å²) in [5, 5.41) is 3.42. The Morgan fingerprint density at radius 3 is 2.63 bits per heavy atom. The molecule has 0 fully saturated rings. The van der Waals surface area contributed by atoms with Gasteiger partial charge in [0.1, 0.15) is 0 Å². The van der Waals surface area contributed by atoms with Crippen LogP contribution in [-0.4, -0.2) is 5.91 Å². The molecular formula is C16H14ClNO. The van der Waals surface area contributed by atoms with E-state index in [4.69, 9.17) is 11.6 Å². The fourth-order valence-corrected chi connectivity index (χ4v) is 1.81. The second-order valence-corrected chi connectivity index (χ2v) is 4.63. The van der Waals surface area contributed by atoms with Crippen molar-refractivity contribution in [1.82, 2.24) is 0 Å². The Kier molecular flexibility index (Phi) is 4.37. The third-order valence-corrected chi connectivity index (χ3v) is 2.92. The predicted molar refractivity (Wildman–Crippen MR) is 80.3 cm³/mol. The molecule has 0 saturated carbocycles. The van der Waals surface area contributed by atoms with Crippen LogP contribution in [0.4, 0.5) is 5.69 Å². The molecule has 0 aliphatic heterocycles. The molecule has 1 N–H and O–H groups in total. The zero-order valence-corrected chi connectivity index (χ0v) is 11.3. The van der Waals surface area contributed by atoms with E-state index in [-0.39, 0.29) is 5.91 Å². The minimum Gasteiger partial charge on any atom is -0.322 e. The molecule has 2 aromatic carbocycles. The number of halogens is 1. The Hall–Kier alpha value is -2.06. The summed E-state index contributed by atoms with van der Waals surface area (Å²) < 4.78 is 0. The van der Waals surface area contributed by atoms with Crippen molar-refractivity contribution >= 4 is 29.3 Å². The summed E-state index contributed by atoms with van der Waals surface area (Å²) in [5.41, 5.74) is 2.70. The van der Waals surface area contributed by atoms with Crippen molar-refractivity contribution in [2.24, 2.45) is 0 Å². The molecule has 0 aliphatic carbocycles. The van der Waals surface area contributed by atoms with E-state index >= 15 is 0 Å². The highest BCUT2D eigenvalue weighted by Crippen LogP contribution is 2.20. The summed E-state index contributed by atoms with van der Waals surface area (Å²) in [6.07, 6.45) is 3.28. The monoisotopic (exact) mass is 271 g/mol. The van der Waals surface area contributed by atoms with Gasteiger partial charge in [-0.3, -0.25) is 4.79 Å². The van der Waals surface area contributed by atoms with Gasteiger partial charge in [0.25, 0.3) is 0 Å². The highest BCUT2D eigenvalue weighted by Gasteiger charge is 2.02. The van der Waals surface area contributed by atoms with Crippen LogP contribution in [0.25, 0.3) is 6.08 Å². The van der Waals surface area contributed by atoms with Gasteiger partial charge in [0.05, 0.1) is 0 Å². The quantitative estimate of drug-likeness (QED) is 0.829. The predicted octanol–water partition coefficient (Wildman–Crippen LogP) is 4.30. The van der Waals surface area contributed by atoms with Crippen LogP contribution in [-0.2, 0) is 4.79 Å². The van der Waals surface area contributed by atoms with E-state index < -0.39 is 0 Å². The molecule has 0 aromatic heterocycles. The minimum absolute atomic E-state index is 0.172. The van der Waals surface area contributed by atoms with Crippen LogP contribution in [0.2, 0.25) is 5.02 Å². The Labute approximate surface area is 117 Å². The molecular weight excluding hydrogens is 258 g/mol. The second kappa shape index (κ2) is 6.21. The molecule has 0 bridgehead atoms. The van der Waals surface area contributed by atoms with E-state index in [0.29, 0.717) is 5.02 Å². The highest BCUT2D eigenvalue weighted by atomic mass is 35.5. The number of anilines is 1. The van der Waals surface area contributed by atoms with Gasteiger partial charge in [-0.15, -0.1) is 0 Å². The molecule has 19 heavy (non-hydrogen) atoms. The number of amides is 1. The number of benzene rings is 2. The number of aryl methyl sites for hydroxylation is 1. The Morgan fingerprint density at radius 2 is 1.89 bits per heavy atom. The largest absolute Gasteiger partial charge is 0.322 e. The first kappa shape index (κ1) is 13.4. The number of rotatable bonds is 3. The van der Waals surface area contributed by atoms with Gasteiger partial charge < -0.3 is 5.32 Å². The SMILES string of the molecule is Cc1ccc(Cl)cc1NC(=O)/C=C/c1ccccc1. The van der Waals surface area contributed by atoms with Crippen LogP contribution in [0.1, 0.15) is 11.1 Å². The fraction of sp³-hybridized carbons (Fsp3) is 0.0625. The van der Waals surface area contributed by atoms with Crippen molar-refractivity contribution in [3.05, 3.63) is 70.8 Å². The Bertz CT molecular complexity index is 605. The maximum absolute atomic E-state index is 11.8. The van der Waals surface area contributed by atoms with Crippen LogP contribution in [0, 0.1) is 6.92 Å². The number of hydrogen-bond donors (Lipinski definition) is 1. The lowest BCUT2D eigenvalue weighted by Gasteiger charge is -2.06. The number of hydrogen-bond acceptors (Lipinski definition) is 1. The first-order valence-corrected chi connectivity index (χ1v) is 6.33. The topological polar surface area (TPSA) is 29.1 Å². The Morgan fingerprint density at radius 1 is 1.16 bits per heavy atom. The van der Waals surface area contributed by atoms with E-state index in [9.17, 15) is 4.79 Å². The lowest BCUT2D eigenvalue weighted by Crippen LogP contribution is -2.08. The van der Waals surface area contributed by atoms with Gasteiger partial charge in [0, 0.05) is 16.8 Å². The molecule has 0 saturated heterocycles. The minimum atomic E-state index is -0.172. The summed E-state index contributed by atoms with van der Waals surface area (Å²) in [6, 6.07) is 15.1. The van der Waals surface area contributed by atoms with Gasteiger partial charge in [-0.1, -0.05) is 48.0 Å². The highest BCUT2D eigenvalue weighted by molar-refractivity contribution is 6.31. The normalized spacial score (nSPS) is 10.6. The Balaban J connectivity index is 2.06. The maximum Gasteiger partial charge on any atom is 0.248 e. The average molecular weight is 272 g/mol. The molecule has 0 aliphatic rings. The lowest BCUT2D eigenvalue weighted by atomic mass is 10.2. The fourth-order valence-electron chi connectivity index (χ4n) is 1.64. The van der Waals surface area contributed by atoms with Crippen LogP contribution in [0.15, 0.2) is 54.6 Å². The van der Waals surface area contributed by atoms with E-state index in [1.54, 1.807) is 18.2 Å². The van der Waals surface area contributed by atoms with Gasteiger partial charge >= 0.3 is 0 Å². The molecule has 2 rings (SSSR count). The molecule has 0 atom stereocenters. The second-order valence-electron chi connectivity index (χ2n) is 4.19. The van der Waals surface area contributed by atoms with E-state index in [0.717, 1.165) is 16.8 Å². The van der Waals surface area contributed by atoms with Crippen molar-refractivity contribution < 1.29 is 4.79 Å². The van der Waals surface area contributed by atoms with Crippen LogP contribution in [0.5, 0.6) is 0 Å². The molecule has 0 heterocycles. The van der Waals surface area contributed by atoms with Crippen molar-refractivity contribution in [3.8, 4) is 0 Å². The number of carbonyl (C=O) groups is 1. The summed E-state index contributed by atoms with van der Waals surface area (Å²) in [7, 11) is 0. The molecule has 2 aromatic rings. The molecule has 0 spiro atoms. The summed E-state index contributed by atoms with van der Waals surface area (Å²) >= 11 is 5.90. The number of carbonyl (C=O) groups excluding carboxylic acids is 1. The van der Waals surface area contributed by atoms with Crippen LogP contribution >= 0.6 is 11.6 Å². The summed E-state index contributed by atoms with van der Waals surface area (Å²) in [6.45, 7) is 1.92. The van der Waals surface area contributed by atoms with Gasteiger partial charge in [0.15, 0.2) is 0 Å². The van der Waals surface area contributed by atoms with Gasteiger partial charge in [-0.2, -0.15) is 0 Å². The van der Waals surface area contributed by atoms with Gasteiger partial charge in [0.2, 0.25) is 5.91 Å². The zero-order valence-electron chi connectivity index (χ0n) is 10.6. The maximum atomic E-state index is 11.8. The van der Waals surface area contributed by atoms with Gasteiger partial charge in [-0.25, -0.2) is 0 Å². The first-order valence-electron chi connectivity index (χ1n) is 5.95. The standard InChI is InChI=1S/C16H14ClNO/c1-12-7-9-14(17)11-15(12)18-16(19)10-8-13-5-3-2-4-6-13/h2-11H,1H3,(H,18,19)/b10-8+. The summed E-state index contributed by atoms with van der Waals surface area (Å²) in [5.74, 6) is -0.172. The molecule has 0 unspecified atom stereocenters. The molecule has 2 nitrogen and oxygen atoms in total. The third kappa shape index (κ3) is 3.97. The molecule has 96 valence electrons. The van der Waals surface area contributed by atoms with Crippen molar-refractivity contribution in [1.29, 1.82) is 0 Å².